The highest BCUT2D eigenvalue weighted by Gasteiger charge is 2.36. The van der Waals surface area contributed by atoms with Crippen LogP contribution in [0.15, 0.2) is 65.3 Å². The van der Waals surface area contributed by atoms with E-state index in [1.807, 2.05) is 0 Å². The maximum absolute atomic E-state index is 13.8. The molecule has 8 nitrogen and oxygen atoms in total. The Labute approximate surface area is 204 Å². The van der Waals surface area contributed by atoms with E-state index in [1.54, 1.807) is 61.7 Å². The Kier molecular flexibility index (Phi) is 7.60. The van der Waals surface area contributed by atoms with E-state index in [-0.39, 0.29) is 17.7 Å². The number of hydrogen-bond donors (Lipinski definition) is 1. The van der Waals surface area contributed by atoms with Gasteiger partial charge in [-0.05, 0) is 42.7 Å². The Morgan fingerprint density at radius 2 is 1.54 bits per heavy atom. The van der Waals surface area contributed by atoms with Gasteiger partial charge in [-0.15, -0.1) is 0 Å². The Bertz CT molecular complexity index is 1110. The fraction of sp³-hybridized carbons (Fsp3) is 0.333. The second kappa shape index (κ2) is 11.0. The topological polar surface area (TPSA) is 90.2 Å². The number of amides is 2. The number of benzene rings is 2. The molecule has 2 amide bonds. The third-order valence-electron chi connectivity index (χ3n) is 6.20. The summed E-state index contributed by atoms with van der Waals surface area (Å²) in [6.45, 7) is 0. The number of nitrogens with zero attached hydrogens (tertiary/aromatic N) is 1. The molecule has 1 fully saturated rings. The van der Waals surface area contributed by atoms with Gasteiger partial charge in [-0.2, -0.15) is 0 Å². The highest BCUT2D eigenvalue weighted by molar-refractivity contribution is 6.09. The summed E-state index contributed by atoms with van der Waals surface area (Å²) in [6, 6.07) is 14.5. The van der Waals surface area contributed by atoms with Gasteiger partial charge in [0, 0.05) is 24.2 Å². The first-order chi connectivity index (χ1) is 17.0. The zero-order chi connectivity index (χ0) is 24.8. The molecule has 1 aliphatic rings. The van der Waals surface area contributed by atoms with Crippen molar-refractivity contribution in [2.75, 3.05) is 26.2 Å². The van der Waals surface area contributed by atoms with Crippen molar-refractivity contribution in [2.45, 2.75) is 37.8 Å². The van der Waals surface area contributed by atoms with Gasteiger partial charge >= 0.3 is 0 Å². The molecule has 0 spiro atoms. The molecule has 1 aromatic heterocycles. The fourth-order valence-electron chi connectivity index (χ4n) is 4.39. The summed E-state index contributed by atoms with van der Waals surface area (Å²) < 4.78 is 21.6. The summed E-state index contributed by atoms with van der Waals surface area (Å²) in [7, 11) is 4.64. The Morgan fingerprint density at radius 3 is 2.09 bits per heavy atom. The monoisotopic (exact) mass is 478 g/mol. The zero-order valence-corrected chi connectivity index (χ0v) is 20.2. The number of hydrogen-bond acceptors (Lipinski definition) is 6. The third-order valence-corrected chi connectivity index (χ3v) is 6.20. The molecule has 1 saturated carbocycles. The van der Waals surface area contributed by atoms with Crippen LogP contribution < -0.4 is 24.4 Å². The number of nitrogens with one attached hydrogen (secondary N) is 1. The van der Waals surface area contributed by atoms with E-state index in [0.29, 0.717) is 28.5 Å². The minimum Gasteiger partial charge on any atom is -0.497 e. The van der Waals surface area contributed by atoms with E-state index in [9.17, 15) is 9.59 Å². The molecule has 1 aliphatic carbocycles. The minimum atomic E-state index is -0.976. The van der Waals surface area contributed by atoms with Crippen LogP contribution >= 0.6 is 0 Å². The van der Waals surface area contributed by atoms with E-state index in [0.717, 1.165) is 25.7 Å². The number of anilines is 1. The first-order valence-electron chi connectivity index (χ1n) is 11.6. The number of carbonyl (C=O) groups excluding carboxylic acids is 2. The maximum atomic E-state index is 13.8. The first-order valence-corrected chi connectivity index (χ1v) is 11.6. The molecule has 0 bridgehead atoms. The molecule has 184 valence electrons. The highest BCUT2D eigenvalue weighted by Crippen LogP contribution is 2.36. The molecular formula is C27H30N2O6. The average Bonchev–Trinajstić information content (AvgIpc) is 3.61. The molecule has 0 unspecified atom stereocenters. The molecule has 1 heterocycles. The lowest BCUT2D eigenvalue weighted by atomic mass is 10.0. The highest BCUT2D eigenvalue weighted by atomic mass is 16.5. The maximum Gasteiger partial charge on any atom is 0.294 e. The van der Waals surface area contributed by atoms with Crippen LogP contribution in [0.3, 0.4) is 0 Å². The lowest BCUT2D eigenvalue weighted by Gasteiger charge is -2.32. The molecule has 35 heavy (non-hydrogen) atoms. The standard InChI is InChI=1S/C27H30N2O6/c1-32-21-12-10-18(11-13-21)25(26(30)28-19-7-4-5-8-19)29(27(31)24-9-6-14-35-24)20-15-22(33-2)17-23(16-20)34-3/h6,9-17,19,25H,4-5,7-8H2,1-3H3,(H,28,30)/t25-/m0/s1. The predicted octanol–water partition coefficient (Wildman–Crippen LogP) is 4.75. The van der Waals surface area contributed by atoms with Crippen LogP contribution in [0.25, 0.3) is 0 Å². The van der Waals surface area contributed by atoms with Crippen molar-refractivity contribution in [3.8, 4) is 17.2 Å². The summed E-state index contributed by atoms with van der Waals surface area (Å²) in [5.74, 6) is 0.994. The van der Waals surface area contributed by atoms with E-state index < -0.39 is 11.9 Å². The molecule has 0 saturated heterocycles. The van der Waals surface area contributed by atoms with E-state index in [4.69, 9.17) is 18.6 Å². The molecule has 4 rings (SSSR count). The molecule has 0 radical (unpaired) electrons. The summed E-state index contributed by atoms with van der Waals surface area (Å²) in [5.41, 5.74) is 1.06. The van der Waals surface area contributed by atoms with Gasteiger partial charge in [-0.25, -0.2) is 0 Å². The average molecular weight is 479 g/mol. The number of methoxy groups -OCH3 is 3. The van der Waals surface area contributed by atoms with Crippen LogP contribution in [0.2, 0.25) is 0 Å². The van der Waals surface area contributed by atoms with Gasteiger partial charge < -0.3 is 23.9 Å². The molecule has 8 heteroatoms. The second-order valence-corrected chi connectivity index (χ2v) is 8.39. The second-order valence-electron chi connectivity index (χ2n) is 8.39. The van der Waals surface area contributed by atoms with Crippen molar-refractivity contribution in [1.82, 2.24) is 5.32 Å². The third kappa shape index (κ3) is 5.42. The first kappa shape index (κ1) is 24.2. The number of rotatable bonds is 9. The normalized spacial score (nSPS) is 14.3. The van der Waals surface area contributed by atoms with Gasteiger partial charge in [0.05, 0.1) is 33.3 Å². The van der Waals surface area contributed by atoms with Gasteiger partial charge in [0.2, 0.25) is 5.91 Å². The smallest absolute Gasteiger partial charge is 0.294 e. The summed E-state index contributed by atoms with van der Waals surface area (Å²) in [6.07, 6.45) is 5.40. The largest absolute Gasteiger partial charge is 0.497 e. The van der Waals surface area contributed by atoms with Crippen molar-refractivity contribution in [1.29, 1.82) is 0 Å². The Morgan fingerprint density at radius 1 is 0.914 bits per heavy atom. The van der Waals surface area contributed by atoms with Crippen molar-refractivity contribution in [3.05, 3.63) is 72.2 Å². The van der Waals surface area contributed by atoms with Crippen LogP contribution in [-0.2, 0) is 4.79 Å². The van der Waals surface area contributed by atoms with Crippen LogP contribution in [0.5, 0.6) is 17.2 Å². The lowest BCUT2D eigenvalue weighted by Crippen LogP contribution is -2.46. The van der Waals surface area contributed by atoms with E-state index >= 15 is 0 Å². The van der Waals surface area contributed by atoms with Gasteiger partial charge in [0.25, 0.3) is 5.91 Å². The zero-order valence-electron chi connectivity index (χ0n) is 20.2. The van der Waals surface area contributed by atoms with Gasteiger partial charge in [0.15, 0.2) is 5.76 Å². The summed E-state index contributed by atoms with van der Waals surface area (Å²) in [5, 5.41) is 3.16. The number of carbonyl (C=O) groups is 2. The van der Waals surface area contributed by atoms with Crippen molar-refractivity contribution in [2.24, 2.45) is 0 Å². The van der Waals surface area contributed by atoms with Crippen LogP contribution in [0.1, 0.15) is 47.8 Å². The van der Waals surface area contributed by atoms with Gasteiger partial charge in [0.1, 0.15) is 23.3 Å². The molecule has 3 aromatic rings. The fourth-order valence-corrected chi connectivity index (χ4v) is 4.39. The van der Waals surface area contributed by atoms with Crippen molar-refractivity contribution >= 4 is 17.5 Å². The molecule has 0 aliphatic heterocycles. The van der Waals surface area contributed by atoms with Crippen LogP contribution in [0.4, 0.5) is 5.69 Å². The Hall–Kier alpha value is -3.94. The number of ether oxygens (including phenoxy) is 3. The van der Waals surface area contributed by atoms with Gasteiger partial charge in [-0.3, -0.25) is 14.5 Å². The van der Waals surface area contributed by atoms with Crippen LogP contribution in [0, 0.1) is 0 Å². The van der Waals surface area contributed by atoms with E-state index in [2.05, 4.69) is 5.32 Å². The molecule has 1 atom stereocenters. The SMILES string of the molecule is COc1ccc([C@@H](C(=O)NC2CCCC2)N(C(=O)c2ccco2)c2cc(OC)cc(OC)c2)cc1. The van der Waals surface area contributed by atoms with Crippen LogP contribution in [-0.4, -0.2) is 39.2 Å². The van der Waals surface area contributed by atoms with Gasteiger partial charge in [-0.1, -0.05) is 25.0 Å². The summed E-state index contributed by atoms with van der Waals surface area (Å²) >= 11 is 0. The predicted molar refractivity (Wildman–Crippen MR) is 131 cm³/mol. The Balaban J connectivity index is 1.85. The van der Waals surface area contributed by atoms with E-state index in [1.165, 1.54) is 25.4 Å². The van der Waals surface area contributed by atoms with Crippen molar-refractivity contribution < 1.29 is 28.2 Å². The molecule has 1 N–H and O–H groups in total. The molecule has 2 aromatic carbocycles. The number of furan rings is 1. The molecular weight excluding hydrogens is 448 g/mol. The quantitative estimate of drug-likeness (QED) is 0.477. The summed E-state index contributed by atoms with van der Waals surface area (Å²) in [4.78, 5) is 29.1. The van der Waals surface area contributed by atoms with Crippen molar-refractivity contribution in [3.63, 3.8) is 0 Å². The lowest BCUT2D eigenvalue weighted by molar-refractivity contribution is -0.123. The minimum absolute atomic E-state index is 0.0728.